The van der Waals surface area contributed by atoms with Gasteiger partial charge < -0.3 is 9.84 Å². The molecule has 1 N–H and O–H groups in total. The van der Waals surface area contributed by atoms with Gasteiger partial charge in [0.1, 0.15) is 6.23 Å². The van der Waals surface area contributed by atoms with Crippen LogP contribution in [0.1, 0.15) is 59.4 Å². The van der Waals surface area contributed by atoms with Crippen LogP contribution in [0.4, 0.5) is 13.2 Å². The fourth-order valence-electron chi connectivity index (χ4n) is 5.20. The number of rotatable bonds is 4. The molecule has 1 heterocycles. The monoisotopic (exact) mass is 413 g/mol. The number of benzene rings is 1. The van der Waals surface area contributed by atoms with Gasteiger partial charge in [0, 0.05) is 18.0 Å². The number of alkyl halides is 3. The van der Waals surface area contributed by atoms with Crippen molar-refractivity contribution in [2.24, 2.45) is 17.8 Å². The Balaban J connectivity index is 2.08. The van der Waals surface area contributed by atoms with Gasteiger partial charge in [0.15, 0.2) is 0 Å². The highest BCUT2D eigenvalue weighted by atomic mass is 19.4. The Morgan fingerprint density at radius 2 is 1.79 bits per heavy atom. The van der Waals surface area contributed by atoms with E-state index in [0.29, 0.717) is 12.5 Å². The van der Waals surface area contributed by atoms with Crippen molar-refractivity contribution in [2.75, 3.05) is 0 Å². The highest BCUT2D eigenvalue weighted by molar-refractivity contribution is 5.17. The van der Waals surface area contributed by atoms with Gasteiger partial charge in [-0.05, 0) is 44.1 Å². The molecule has 1 saturated carbocycles. The quantitative estimate of drug-likeness (QED) is 0.720. The third-order valence-electron chi connectivity index (χ3n) is 7.19. The number of nitrogens with zero attached hydrogens (tertiary/aromatic N) is 1. The molecular weight excluding hydrogens is 379 g/mol. The van der Waals surface area contributed by atoms with Crippen molar-refractivity contribution in [3.8, 4) is 0 Å². The average molecular weight is 414 g/mol. The molecule has 0 unspecified atom stereocenters. The van der Waals surface area contributed by atoms with E-state index in [1.165, 1.54) is 13.8 Å². The first-order chi connectivity index (χ1) is 13.4. The molecule has 1 aromatic carbocycles. The maximum absolute atomic E-state index is 14.2. The molecule has 3 rings (SSSR count). The first-order valence-electron chi connectivity index (χ1n) is 10.6. The number of hydrogen-bond acceptors (Lipinski definition) is 3. The highest BCUT2D eigenvalue weighted by Crippen LogP contribution is 2.51. The molecular formula is C23H34F3NO2. The van der Waals surface area contributed by atoms with Gasteiger partial charge in [-0.15, -0.1) is 0 Å². The summed E-state index contributed by atoms with van der Waals surface area (Å²) in [4.78, 5) is 1.76. The summed E-state index contributed by atoms with van der Waals surface area (Å²) in [5.74, 6) is -0.506. The van der Waals surface area contributed by atoms with Gasteiger partial charge in [0.2, 0.25) is 5.60 Å². The number of fused-ring (bicyclic) bond motifs is 1. The summed E-state index contributed by atoms with van der Waals surface area (Å²) in [5, 5.41) is 11.1. The second-order valence-electron chi connectivity index (χ2n) is 9.80. The van der Waals surface area contributed by atoms with Crippen molar-refractivity contribution in [3.63, 3.8) is 0 Å². The topological polar surface area (TPSA) is 32.7 Å². The maximum Gasteiger partial charge on any atom is 0.421 e. The van der Waals surface area contributed by atoms with E-state index in [2.05, 4.69) is 6.92 Å². The van der Waals surface area contributed by atoms with E-state index in [9.17, 15) is 18.3 Å². The third-order valence-corrected chi connectivity index (χ3v) is 7.19. The minimum atomic E-state index is -4.80. The standard InChI is InChI=1S/C23H34F3NO2/c1-15(2)22(28,23(24,25)26)20-27(14-17-9-7-6-8-10-17)21(4,5)18-12-11-16(3)13-19(18)29-20/h6-10,15-16,18-20,28H,11-14H2,1-5H3/t16-,18-,19-,20+,22-/m1/s1. The van der Waals surface area contributed by atoms with Crippen LogP contribution in [0.5, 0.6) is 0 Å². The summed E-state index contributed by atoms with van der Waals surface area (Å²) in [7, 11) is 0. The zero-order valence-electron chi connectivity index (χ0n) is 18.0. The SMILES string of the molecule is CC(C)[C@@](O)([C@@H]1O[C@@H]2C[C@H](C)CC[C@H]2C(C)(C)N1Cc1ccccc1)C(F)(F)F. The Labute approximate surface area is 172 Å². The first-order valence-corrected chi connectivity index (χ1v) is 10.6. The van der Waals surface area contributed by atoms with E-state index in [0.717, 1.165) is 24.8 Å². The van der Waals surface area contributed by atoms with E-state index >= 15 is 0 Å². The number of ether oxygens (including phenoxy) is 1. The Bertz CT molecular complexity index is 691. The van der Waals surface area contributed by atoms with E-state index in [1.807, 2.05) is 44.2 Å². The lowest BCUT2D eigenvalue weighted by Crippen LogP contribution is -2.73. The Hall–Kier alpha value is -1.11. The minimum Gasteiger partial charge on any atom is -0.377 e. The summed E-state index contributed by atoms with van der Waals surface area (Å²) in [6, 6.07) is 9.46. The summed E-state index contributed by atoms with van der Waals surface area (Å²) in [5.41, 5.74) is -2.59. The normalized spacial score (nSPS) is 32.6. The van der Waals surface area contributed by atoms with Gasteiger partial charge in [-0.25, -0.2) is 0 Å². The molecule has 1 aliphatic heterocycles. The molecule has 3 nitrogen and oxygen atoms in total. The van der Waals surface area contributed by atoms with Crippen molar-refractivity contribution in [2.45, 2.75) is 90.1 Å². The molecule has 1 aromatic rings. The van der Waals surface area contributed by atoms with E-state index in [-0.39, 0.29) is 12.0 Å². The lowest BCUT2D eigenvalue weighted by Gasteiger charge is -2.60. The van der Waals surface area contributed by atoms with Gasteiger partial charge in [0.05, 0.1) is 6.10 Å². The van der Waals surface area contributed by atoms with Gasteiger partial charge in [-0.2, -0.15) is 13.2 Å². The molecule has 5 atom stereocenters. The van der Waals surface area contributed by atoms with Crippen LogP contribution in [0.15, 0.2) is 30.3 Å². The highest BCUT2D eigenvalue weighted by Gasteiger charge is 2.66. The van der Waals surface area contributed by atoms with Crippen LogP contribution < -0.4 is 0 Å². The Morgan fingerprint density at radius 1 is 1.17 bits per heavy atom. The van der Waals surface area contributed by atoms with Crippen LogP contribution in [-0.2, 0) is 11.3 Å². The Morgan fingerprint density at radius 3 is 2.34 bits per heavy atom. The van der Waals surface area contributed by atoms with Crippen molar-refractivity contribution < 1.29 is 23.0 Å². The van der Waals surface area contributed by atoms with Crippen LogP contribution >= 0.6 is 0 Å². The average Bonchev–Trinajstić information content (AvgIpc) is 2.62. The van der Waals surface area contributed by atoms with E-state index in [1.54, 1.807) is 4.90 Å². The molecule has 6 heteroatoms. The third kappa shape index (κ3) is 3.96. The van der Waals surface area contributed by atoms with Gasteiger partial charge in [-0.1, -0.05) is 57.5 Å². The lowest BCUT2D eigenvalue weighted by atomic mass is 9.68. The lowest BCUT2D eigenvalue weighted by molar-refractivity contribution is -0.371. The molecule has 29 heavy (non-hydrogen) atoms. The van der Waals surface area contributed by atoms with Crippen molar-refractivity contribution >= 4 is 0 Å². The number of hydrogen-bond donors (Lipinski definition) is 1. The molecule has 2 aliphatic rings. The molecule has 0 amide bonds. The molecule has 0 spiro atoms. The number of aliphatic hydroxyl groups is 1. The molecule has 0 bridgehead atoms. The maximum atomic E-state index is 14.2. The van der Waals surface area contributed by atoms with Crippen LogP contribution in [0.2, 0.25) is 0 Å². The fraction of sp³-hybridized carbons (Fsp3) is 0.739. The molecule has 1 saturated heterocycles. The molecule has 164 valence electrons. The van der Waals surface area contributed by atoms with Crippen LogP contribution in [-0.4, -0.2) is 39.7 Å². The summed E-state index contributed by atoms with van der Waals surface area (Å²) < 4.78 is 48.9. The second-order valence-corrected chi connectivity index (χ2v) is 9.80. The van der Waals surface area contributed by atoms with Crippen molar-refractivity contribution in [1.82, 2.24) is 4.90 Å². The predicted molar refractivity (Wildman–Crippen MR) is 107 cm³/mol. The smallest absolute Gasteiger partial charge is 0.377 e. The zero-order chi connectivity index (χ0) is 21.6. The molecule has 0 aromatic heterocycles. The van der Waals surface area contributed by atoms with E-state index < -0.39 is 29.5 Å². The minimum absolute atomic E-state index is 0.128. The summed E-state index contributed by atoms with van der Waals surface area (Å²) in [6.45, 7) is 9.27. The van der Waals surface area contributed by atoms with Gasteiger partial charge in [-0.3, -0.25) is 4.90 Å². The van der Waals surface area contributed by atoms with Crippen molar-refractivity contribution in [1.29, 1.82) is 0 Å². The summed E-state index contributed by atoms with van der Waals surface area (Å²) >= 11 is 0. The fourth-order valence-corrected chi connectivity index (χ4v) is 5.20. The van der Waals surface area contributed by atoms with Crippen LogP contribution in [0.25, 0.3) is 0 Å². The Kier molecular flexibility index (Phi) is 6.12. The number of halogens is 3. The summed E-state index contributed by atoms with van der Waals surface area (Å²) in [6.07, 6.45) is -3.84. The van der Waals surface area contributed by atoms with E-state index in [4.69, 9.17) is 4.74 Å². The zero-order valence-corrected chi connectivity index (χ0v) is 18.0. The van der Waals surface area contributed by atoms with Crippen molar-refractivity contribution in [3.05, 3.63) is 35.9 Å². The first kappa shape index (κ1) is 22.6. The van der Waals surface area contributed by atoms with Crippen LogP contribution in [0, 0.1) is 17.8 Å². The van der Waals surface area contributed by atoms with Gasteiger partial charge in [0.25, 0.3) is 0 Å². The molecule has 0 radical (unpaired) electrons. The molecule has 2 fully saturated rings. The molecule has 1 aliphatic carbocycles. The van der Waals surface area contributed by atoms with Crippen LogP contribution in [0.3, 0.4) is 0 Å². The van der Waals surface area contributed by atoms with Gasteiger partial charge >= 0.3 is 6.18 Å². The predicted octanol–water partition coefficient (Wildman–Crippen LogP) is 5.38. The second kappa shape index (κ2) is 7.86. The largest absolute Gasteiger partial charge is 0.421 e.